The fourth-order valence-electron chi connectivity index (χ4n) is 4.34. The first-order valence-corrected chi connectivity index (χ1v) is 10.2. The number of benzene rings is 1. The SMILES string of the molecule is Cc1ccc(-c2c(-c3ccc4c(c3)CN([C@H]3CCC(=O)NC3=O)C4=O)cnn2C)cn1. The highest BCUT2D eigenvalue weighted by atomic mass is 16.2. The fraction of sp³-hybridized carbons (Fsp3) is 0.261. The normalized spacial score (nSPS) is 18.3. The molecule has 1 N–H and O–H groups in total. The van der Waals surface area contributed by atoms with Gasteiger partial charge in [0.15, 0.2) is 0 Å². The molecule has 2 aromatic heterocycles. The summed E-state index contributed by atoms with van der Waals surface area (Å²) in [6.07, 6.45) is 4.24. The summed E-state index contributed by atoms with van der Waals surface area (Å²) in [5.41, 5.74) is 6.20. The van der Waals surface area contributed by atoms with Gasteiger partial charge in [-0.2, -0.15) is 5.10 Å². The van der Waals surface area contributed by atoms with Crippen LogP contribution in [-0.2, 0) is 23.2 Å². The fourth-order valence-corrected chi connectivity index (χ4v) is 4.34. The van der Waals surface area contributed by atoms with E-state index in [1.807, 2.05) is 61.4 Å². The summed E-state index contributed by atoms with van der Waals surface area (Å²) in [4.78, 5) is 42.6. The Balaban J connectivity index is 1.49. The molecule has 156 valence electrons. The second kappa shape index (κ2) is 7.16. The van der Waals surface area contributed by atoms with Crippen molar-refractivity contribution in [2.24, 2.45) is 7.05 Å². The molecule has 1 fully saturated rings. The van der Waals surface area contributed by atoms with Gasteiger partial charge in [0.1, 0.15) is 6.04 Å². The number of piperidine rings is 1. The molecule has 0 radical (unpaired) electrons. The lowest BCUT2D eigenvalue weighted by Crippen LogP contribution is -2.52. The zero-order valence-electron chi connectivity index (χ0n) is 17.3. The van der Waals surface area contributed by atoms with Crippen LogP contribution in [0.2, 0.25) is 0 Å². The third-order valence-corrected chi connectivity index (χ3v) is 5.96. The van der Waals surface area contributed by atoms with E-state index in [9.17, 15) is 14.4 Å². The van der Waals surface area contributed by atoms with E-state index >= 15 is 0 Å². The summed E-state index contributed by atoms with van der Waals surface area (Å²) < 4.78 is 1.82. The van der Waals surface area contributed by atoms with Crippen molar-refractivity contribution in [2.45, 2.75) is 32.4 Å². The van der Waals surface area contributed by atoms with Crippen molar-refractivity contribution in [1.29, 1.82) is 0 Å². The standard InChI is InChI=1S/C23H21N5O3/c1-13-3-4-15(10-24-13)21-18(11-25-27(21)2)14-5-6-17-16(9-14)12-28(23(17)31)19-7-8-20(29)26-22(19)30/h3-6,9-11,19H,7-8,12H2,1-2H3,(H,26,29,30)/t19-/m0/s1. The monoisotopic (exact) mass is 415 g/mol. The summed E-state index contributed by atoms with van der Waals surface area (Å²) >= 11 is 0. The van der Waals surface area contributed by atoms with Gasteiger partial charge in [-0.15, -0.1) is 0 Å². The number of hydrogen-bond acceptors (Lipinski definition) is 5. The average molecular weight is 415 g/mol. The van der Waals surface area contributed by atoms with E-state index in [0.717, 1.165) is 33.6 Å². The number of nitrogens with one attached hydrogen (secondary N) is 1. The molecule has 2 aliphatic rings. The second-order valence-electron chi connectivity index (χ2n) is 7.99. The smallest absolute Gasteiger partial charge is 0.255 e. The van der Waals surface area contributed by atoms with Gasteiger partial charge in [0.05, 0.1) is 11.9 Å². The van der Waals surface area contributed by atoms with Gasteiger partial charge in [-0.1, -0.05) is 6.07 Å². The third kappa shape index (κ3) is 3.20. The quantitative estimate of drug-likeness (QED) is 0.662. The van der Waals surface area contributed by atoms with Crippen molar-refractivity contribution in [1.82, 2.24) is 25.0 Å². The van der Waals surface area contributed by atoms with Crippen LogP contribution in [0.5, 0.6) is 0 Å². The molecule has 5 rings (SSSR count). The molecular weight excluding hydrogens is 394 g/mol. The Morgan fingerprint density at radius 2 is 1.84 bits per heavy atom. The summed E-state index contributed by atoms with van der Waals surface area (Å²) in [6, 6.07) is 9.07. The van der Waals surface area contributed by atoms with Crippen LogP contribution in [-0.4, -0.2) is 43.4 Å². The maximum atomic E-state index is 12.9. The van der Waals surface area contributed by atoms with Gasteiger partial charge < -0.3 is 4.90 Å². The van der Waals surface area contributed by atoms with E-state index in [-0.39, 0.29) is 18.2 Å². The minimum Gasteiger partial charge on any atom is -0.322 e. The molecule has 4 heterocycles. The lowest BCUT2D eigenvalue weighted by Gasteiger charge is -2.29. The Morgan fingerprint density at radius 1 is 1.03 bits per heavy atom. The second-order valence-corrected chi connectivity index (χ2v) is 7.99. The van der Waals surface area contributed by atoms with E-state index in [0.29, 0.717) is 18.5 Å². The Hall–Kier alpha value is -3.81. The maximum Gasteiger partial charge on any atom is 0.255 e. The number of nitrogens with zero attached hydrogens (tertiary/aromatic N) is 4. The highest BCUT2D eigenvalue weighted by molar-refractivity contribution is 6.05. The van der Waals surface area contributed by atoms with Crippen LogP contribution < -0.4 is 5.32 Å². The van der Waals surface area contributed by atoms with Gasteiger partial charge in [0, 0.05) is 48.6 Å². The molecule has 2 aliphatic heterocycles. The number of fused-ring (bicyclic) bond motifs is 1. The number of hydrogen-bond donors (Lipinski definition) is 1. The van der Waals surface area contributed by atoms with Gasteiger partial charge in [-0.05, 0) is 48.7 Å². The molecule has 3 amide bonds. The van der Waals surface area contributed by atoms with E-state index in [1.54, 1.807) is 4.90 Å². The van der Waals surface area contributed by atoms with E-state index in [2.05, 4.69) is 15.4 Å². The van der Waals surface area contributed by atoms with E-state index < -0.39 is 11.9 Å². The van der Waals surface area contributed by atoms with E-state index in [4.69, 9.17) is 0 Å². The number of rotatable bonds is 3. The first kappa shape index (κ1) is 19.2. The predicted molar refractivity (Wildman–Crippen MR) is 113 cm³/mol. The van der Waals surface area contributed by atoms with Crippen LogP contribution >= 0.6 is 0 Å². The lowest BCUT2D eigenvalue weighted by molar-refractivity contribution is -0.136. The molecule has 0 saturated carbocycles. The highest BCUT2D eigenvalue weighted by Gasteiger charge is 2.39. The van der Waals surface area contributed by atoms with E-state index in [1.165, 1.54) is 0 Å². The summed E-state index contributed by atoms with van der Waals surface area (Å²) in [5.74, 6) is -0.869. The highest BCUT2D eigenvalue weighted by Crippen LogP contribution is 2.35. The largest absolute Gasteiger partial charge is 0.322 e. The first-order chi connectivity index (χ1) is 14.9. The molecule has 0 spiro atoms. The van der Waals surface area contributed by atoms with Crippen LogP contribution in [0.15, 0.2) is 42.7 Å². The van der Waals surface area contributed by atoms with Crippen LogP contribution in [0, 0.1) is 6.92 Å². The van der Waals surface area contributed by atoms with Crippen LogP contribution in [0.25, 0.3) is 22.4 Å². The minimum absolute atomic E-state index is 0.176. The first-order valence-electron chi connectivity index (χ1n) is 10.2. The maximum absolute atomic E-state index is 12.9. The average Bonchev–Trinajstić information content (AvgIpc) is 3.28. The Bertz CT molecular complexity index is 1230. The van der Waals surface area contributed by atoms with Crippen LogP contribution in [0.3, 0.4) is 0 Å². The molecule has 1 atom stereocenters. The number of aryl methyl sites for hydroxylation is 2. The van der Waals surface area contributed by atoms with Gasteiger partial charge >= 0.3 is 0 Å². The number of aromatic nitrogens is 3. The third-order valence-electron chi connectivity index (χ3n) is 5.96. The van der Waals surface area contributed by atoms with Crippen molar-refractivity contribution in [3.63, 3.8) is 0 Å². The molecule has 3 aromatic rings. The van der Waals surface area contributed by atoms with Gasteiger partial charge in [-0.25, -0.2) is 0 Å². The Morgan fingerprint density at radius 3 is 2.58 bits per heavy atom. The van der Waals surface area contributed by atoms with Crippen LogP contribution in [0.4, 0.5) is 0 Å². The summed E-state index contributed by atoms with van der Waals surface area (Å²) in [5, 5.41) is 6.77. The molecule has 0 bridgehead atoms. The topological polar surface area (TPSA) is 97.2 Å². The van der Waals surface area contributed by atoms with Crippen molar-refractivity contribution >= 4 is 17.7 Å². The van der Waals surface area contributed by atoms with Gasteiger partial charge in [0.2, 0.25) is 11.8 Å². The molecular formula is C23H21N5O3. The van der Waals surface area contributed by atoms with Gasteiger partial charge in [0.25, 0.3) is 5.91 Å². The summed E-state index contributed by atoms with van der Waals surface area (Å²) in [6.45, 7) is 2.29. The Kier molecular flexibility index (Phi) is 4.43. The number of carbonyl (C=O) groups excluding carboxylic acids is 3. The number of amides is 3. The molecule has 8 heteroatoms. The molecule has 1 aromatic carbocycles. The predicted octanol–water partition coefficient (Wildman–Crippen LogP) is 2.22. The minimum atomic E-state index is -0.617. The molecule has 0 aliphatic carbocycles. The molecule has 8 nitrogen and oxygen atoms in total. The lowest BCUT2D eigenvalue weighted by atomic mass is 9.98. The zero-order chi connectivity index (χ0) is 21.7. The zero-order valence-corrected chi connectivity index (χ0v) is 17.3. The number of pyridine rings is 1. The van der Waals surface area contributed by atoms with Crippen molar-refractivity contribution in [2.75, 3.05) is 0 Å². The molecule has 1 saturated heterocycles. The molecule has 31 heavy (non-hydrogen) atoms. The molecule has 0 unspecified atom stereocenters. The Labute approximate surface area is 178 Å². The van der Waals surface area contributed by atoms with Gasteiger partial charge in [-0.3, -0.25) is 29.4 Å². The van der Waals surface area contributed by atoms with Crippen LogP contribution in [0.1, 0.15) is 34.5 Å². The van der Waals surface area contributed by atoms with Crippen molar-refractivity contribution < 1.29 is 14.4 Å². The van der Waals surface area contributed by atoms with Crippen molar-refractivity contribution in [3.8, 4) is 22.4 Å². The van der Waals surface area contributed by atoms with Crippen molar-refractivity contribution in [3.05, 3.63) is 59.5 Å². The summed E-state index contributed by atoms with van der Waals surface area (Å²) in [7, 11) is 1.89. The number of imide groups is 1. The number of carbonyl (C=O) groups is 3.